The summed E-state index contributed by atoms with van der Waals surface area (Å²) in [4.78, 5) is 16.8. The summed E-state index contributed by atoms with van der Waals surface area (Å²) < 4.78 is 29.3. The molecule has 0 bridgehead atoms. The van der Waals surface area contributed by atoms with Gasteiger partial charge in [-0.2, -0.15) is 0 Å². The van der Waals surface area contributed by atoms with Crippen LogP contribution in [0.4, 0.5) is 4.79 Å². The van der Waals surface area contributed by atoms with Crippen molar-refractivity contribution in [1.82, 2.24) is 15.1 Å². The number of ether oxygens (including phenoxy) is 1. The maximum absolute atomic E-state index is 12.8. The van der Waals surface area contributed by atoms with Gasteiger partial charge in [0.15, 0.2) is 9.84 Å². The van der Waals surface area contributed by atoms with E-state index in [1.54, 1.807) is 25.9 Å². The first kappa shape index (κ1) is 21.9. The van der Waals surface area contributed by atoms with Crippen molar-refractivity contribution in [3.8, 4) is 5.75 Å². The summed E-state index contributed by atoms with van der Waals surface area (Å²) in [5, 5.41) is 3.06. The normalized spacial score (nSPS) is 22.7. The van der Waals surface area contributed by atoms with Crippen LogP contribution >= 0.6 is 0 Å². The Hall–Kier alpha value is -1.80. The standard InChI is InChI=1S/C21H33N3O4S/c1-21(2)10-13-24(14-15-29(21,26)27)20(25)22-16-19(23-11-4-5-12-23)17-6-8-18(28-3)9-7-17/h6-9,19H,4-5,10-16H2,1-3H3,(H,22,25). The Kier molecular flexibility index (Phi) is 6.73. The second kappa shape index (κ2) is 8.92. The number of rotatable bonds is 5. The zero-order chi connectivity index (χ0) is 21.1. The molecule has 2 aliphatic heterocycles. The maximum atomic E-state index is 12.8. The Balaban J connectivity index is 1.66. The van der Waals surface area contributed by atoms with E-state index in [-0.39, 0.29) is 24.4 Å². The van der Waals surface area contributed by atoms with E-state index in [0.717, 1.165) is 24.4 Å². The molecule has 1 unspecified atom stereocenters. The monoisotopic (exact) mass is 423 g/mol. The second-order valence-corrected chi connectivity index (χ2v) is 11.3. The fourth-order valence-electron chi connectivity index (χ4n) is 4.01. The minimum absolute atomic E-state index is 0.0153. The average molecular weight is 424 g/mol. The number of hydrogen-bond acceptors (Lipinski definition) is 5. The number of carbonyl (C=O) groups excluding carboxylic acids is 1. The van der Waals surface area contributed by atoms with Gasteiger partial charge >= 0.3 is 6.03 Å². The maximum Gasteiger partial charge on any atom is 0.317 e. The predicted octanol–water partition coefficient (Wildman–Crippen LogP) is 2.44. The number of nitrogens with zero attached hydrogens (tertiary/aromatic N) is 2. The van der Waals surface area contributed by atoms with Gasteiger partial charge in [0.25, 0.3) is 0 Å². The molecule has 1 aromatic rings. The molecule has 2 saturated heterocycles. The first-order valence-electron chi connectivity index (χ1n) is 10.4. The molecule has 2 fully saturated rings. The number of amides is 2. The fraction of sp³-hybridized carbons (Fsp3) is 0.667. The Bertz CT molecular complexity index is 802. The van der Waals surface area contributed by atoms with Gasteiger partial charge in [-0.1, -0.05) is 12.1 Å². The van der Waals surface area contributed by atoms with E-state index in [1.165, 1.54) is 12.8 Å². The number of urea groups is 1. The summed E-state index contributed by atoms with van der Waals surface area (Å²) >= 11 is 0. The molecule has 3 rings (SSSR count). The van der Waals surface area contributed by atoms with Crippen molar-refractivity contribution in [2.75, 3.05) is 45.6 Å². The highest BCUT2D eigenvalue weighted by atomic mass is 32.2. The third kappa shape index (κ3) is 5.04. The summed E-state index contributed by atoms with van der Waals surface area (Å²) in [6.07, 6.45) is 2.79. The smallest absolute Gasteiger partial charge is 0.317 e. The summed E-state index contributed by atoms with van der Waals surface area (Å²) in [5.74, 6) is 0.827. The molecule has 0 aromatic heterocycles. The second-order valence-electron chi connectivity index (χ2n) is 8.53. The van der Waals surface area contributed by atoms with Crippen LogP contribution in [0.15, 0.2) is 24.3 Å². The number of sulfone groups is 1. The molecule has 0 saturated carbocycles. The van der Waals surface area contributed by atoms with Gasteiger partial charge in [0.2, 0.25) is 0 Å². The summed E-state index contributed by atoms with van der Waals surface area (Å²) in [6.45, 7) is 6.72. The lowest BCUT2D eigenvalue weighted by atomic mass is 10.1. The van der Waals surface area contributed by atoms with Crippen LogP contribution in [-0.4, -0.2) is 74.6 Å². The molecular formula is C21H33N3O4S. The fourth-order valence-corrected chi connectivity index (χ4v) is 5.43. The van der Waals surface area contributed by atoms with Gasteiger partial charge in [0.05, 0.1) is 23.7 Å². The van der Waals surface area contributed by atoms with Crippen LogP contribution in [0.5, 0.6) is 5.75 Å². The number of carbonyl (C=O) groups is 1. The van der Waals surface area contributed by atoms with Crippen molar-refractivity contribution < 1.29 is 17.9 Å². The number of methoxy groups -OCH3 is 1. The number of benzene rings is 1. The van der Waals surface area contributed by atoms with Crippen molar-refractivity contribution >= 4 is 15.9 Å². The largest absolute Gasteiger partial charge is 0.497 e. The van der Waals surface area contributed by atoms with Gasteiger partial charge in [-0.25, -0.2) is 13.2 Å². The summed E-state index contributed by atoms with van der Waals surface area (Å²) in [6, 6.07) is 7.91. The number of hydrogen-bond donors (Lipinski definition) is 1. The molecule has 2 aliphatic rings. The molecule has 1 aromatic carbocycles. The first-order chi connectivity index (χ1) is 13.7. The van der Waals surface area contributed by atoms with Crippen molar-refractivity contribution in [3.05, 3.63) is 29.8 Å². The zero-order valence-electron chi connectivity index (χ0n) is 17.7. The van der Waals surface area contributed by atoms with Gasteiger partial charge in [0.1, 0.15) is 5.75 Å². The van der Waals surface area contributed by atoms with Crippen LogP contribution in [0.25, 0.3) is 0 Å². The Morgan fingerprint density at radius 1 is 1.14 bits per heavy atom. The Morgan fingerprint density at radius 2 is 1.79 bits per heavy atom. The molecule has 0 spiro atoms. The highest BCUT2D eigenvalue weighted by molar-refractivity contribution is 7.92. The predicted molar refractivity (Wildman–Crippen MR) is 114 cm³/mol. The van der Waals surface area contributed by atoms with Gasteiger partial charge < -0.3 is 15.0 Å². The minimum Gasteiger partial charge on any atom is -0.497 e. The molecule has 29 heavy (non-hydrogen) atoms. The molecule has 162 valence electrons. The lowest BCUT2D eigenvalue weighted by molar-refractivity contribution is 0.190. The van der Waals surface area contributed by atoms with E-state index in [9.17, 15) is 13.2 Å². The Labute approximate surface area is 174 Å². The van der Waals surface area contributed by atoms with Crippen LogP contribution in [0.1, 0.15) is 44.7 Å². The zero-order valence-corrected chi connectivity index (χ0v) is 18.5. The Morgan fingerprint density at radius 3 is 2.41 bits per heavy atom. The lowest BCUT2D eigenvalue weighted by Gasteiger charge is -2.30. The summed E-state index contributed by atoms with van der Waals surface area (Å²) in [5.41, 5.74) is 1.15. The lowest BCUT2D eigenvalue weighted by Crippen LogP contribution is -2.45. The molecule has 8 heteroatoms. The van der Waals surface area contributed by atoms with Crippen molar-refractivity contribution in [2.45, 2.75) is 43.9 Å². The van der Waals surface area contributed by atoms with Crippen molar-refractivity contribution in [2.24, 2.45) is 0 Å². The minimum atomic E-state index is -3.20. The molecule has 2 heterocycles. The van der Waals surface area contributed by atoms with Crippen molar-refractivity contribution in [3.63, 3.8) is 0 Å². The van der Waals surface area contributed by atoms with Crippen LogP contribution in [0.3, 0.4) is 0 Å². The summed E-state index contributed by atoms with van der Waals surface area (Å²) in [7, 11) is -1.55. The third-order valence-electron chi connectivity index (χ3n) is 6.27. The van der Waals surface area contributed by atoms with Gasteiger partial charge in [-0.3, -0.25) is 4.90 Å². The van der Waals surface area contributed by atoms with Crippen molar-refractivity contribution in [1.29, 1.82) is 0 Å². The molecule has 1 atom stereocenters. The van der Waals surface area contributed by atoms with E-state index < -0.39 is 14.6 Å². The SMILES string of the molecule is COc1ccc(C(CNC(=O)N2CCC(C)(C)S(=O)(=O)CC2)N2CCCC2)cc1. The molecule has 2 amide bonds. The molecule has 7 nitrogen and oxygen atoms in total. The van der Waals surface area contributed by atoms with Gasteiger partial charge in [-0.05, 0) is 63.9 Å². The quantitative estimate of drug-likeness (QED) is 0.787. The average Bonchev–Trinajstić information content (AvgIpc) is 3.19. The van der Waals surface area contributed by atoms with Crippen LogP contribution in [0, 0.1) is 0 Å². The molecule has 1 N–H and O–H groups in total. The van der Waals surface area contributed by atoms with Crippen LogP contribution in [-0.2, 0) is 9.84 Å². The van der Waals surface area contributed by atoms with Crippen LogP contribution < -0.4 is 10.1 Å². The van der Waals surface area contributed by atoms with E-state index >= 15 is 0 Å². The third-order valence-corrected chi connectivity index (χ3v) is 8.88. The topological polar surface area (TPSA) is 79.0 Å². The van der Waals surface area contributed by atoms with E-state index in [4.69, 9.17) is 4.74 Å². The van der Waals surface area contributed by atoms with Gasteiger partial charge in [-0.15, -0.1) is 0 Å². The van der Waals surface area contributed by atoms with E-state index in [0.29, 0.717) is 19.5 Å². The molecule has 0 radical (unpaired) electrons. The van der Waals surface area contributed by atoms with Crippen LogP contribution in [0.2, 0.25) is 0 Å². The van der Waals surface area contributed by atoms with E-state index in [1.807, 2.05) is 12.1 Å². The van der Waals surface area contributed by atoms with Gasteiger partial charge in [0, 0.05) is 19.6 Å². The number of nitrogens with one attached hydrogen (secondary N) is 1. The molecule has 0 aliphatic carbocycles. The number of likely N-dealkylation sites (tertiary alicyclic amines) is 1. The molecular weight excluding hydrogens is 390 g/mol. The highest BCUT2D eigenvalue weighted by Crippen LogP contribution is 2.27. The highest BCUT2D eigenvalue weighted by Gasteiger charge is 2.38. The van der Waals surface area contributed by atoms with E-state index in [2.05, 4.69) is 22.3 Å². The first-order valence-corrected chi connectivity index (χ1v) is 12.0.